The highest BCUT2D eigenvalue weighted by atomic mass is 32.2. The Morgan fingerprint density at radius 2 is 1.88 bits per heavy atom. The van der Waals surface area contributed by atoms with Crippen molar-refractivity contribution in [3.05, 3.63) is 95.2 Å². The number of sulfonamides is 1. The van der Waals surface area contributed by atoms with Crippen LogP contribution in [-0.2, 0) is 14.8 Å². The van der Waals surface area contributed by atoms with E-state index in [2.05, 4.69) is 31.3 Å². The zero-order chi connectivity index (χ0) is 24.3. The number of carbonyl (C=O) groups is 1. The fraction of sp³-hybridized carbons (Fsp3) is 0.0800. The van der Waals surface area contributed by atoms with E-state index in [1.165, 1.54) is 31.6 Å². The first-order chi connectivity index (χ1) is 16.3. The van der Waals surface area contributed by atoms with Gasteiger partial charge in [0.15, 0.2) is 0 Å². The molecule has 170 valence electrons. The van der Waals surface area contributed by atoms with Crippen molar-refractivity contribution in [2.75, 3.05) is 11.8 Å². The van der Waals surface area contributed by atoms with E-state index >= 15 is 0 Å². The smallest absolute Gasteiger partial charge is 0.356 e. The lowest BCUT2D eigenvalue weighted by atomic mass is 10.1. The molecule has 0 saturated carbocycles. The topological polar surface area (TPSA) is 98.2 Å². The maximum Gasteiger partial charge on any atom is 0.356 e. The highest BCUT2D eigenvalue weighted by molar-refractivity contribution is 7.93. The molecule has 0 fully saturated rings. The van der Waals surface area contributed by atoms with Crippen LogP contribution in [-0.4, -0.2) is 31.5 Å². The van der Waals surface area contributed by atoms with Crippen molar-refractivity contribution >= 4 is 32.6 Å². The Balaban J connectivity index is 1.71. The molecule has 7 nitrogen and oxygen atoms in total. The number of hydrogen-bond acceptors (Lipinski definition) is 6. The predicted molar refractivity (Wildman–Crippen MR) is 125 cm³/mol. The highest BCUT2D eigenvalue weighted by Gasteiger charge is 2.22. The average molecular weight is 476 g/mol. The van der Waals surface area contributed by atoms with E-state index in [9.17, 15) is 17.6 Å². The Kier molecular flexibility index (Phi) is 6.25. The Hall–Kier alpha value is -4.29. The first-order valence-corrected chi connectivity index (χ1v) is 11.5. The Morgan fingerprint density at radius 1 is 1.06 bits per heavy atom. The summed E-state index contributed by atoms with van der Waals surface area (Å²) in [7, 11) is -2.82. The number of halogens is 1. The number of anilines is 1. The van der Waals surface area contributed by atoms with Crippen LogP contribution in [0.2, 0.25) is 0 Å². The summed E-state index contributed by atoms with van der Waals surface area (Å²) in [4.78, 5) is 19.8. The standard InChI is InChI=1S/C25H18FN3O4S/c1-16-5-8-18-4-3-13-27-23(18)24(16)34(31,32)29-21-12-10-20(26)14-19(21)9-6-17-7-11-22(28-15-17)25(30)33-2/h3-5,7-8,10-15,29H,1-2H3. The zero-order valence-corrected chi connectivity index (χ0v) is 19.0. The molecule has 0 atom stereocenters. The van der Waals surface area contributed by atoms with Crippen LogP contribution in [0.1, 0.15) is 27.2 Å². The van der Waals surface area contributed by atoms with Crippen molar-refractivity contribution in [2.24, 2.45) is 0 Å². The molecule has 4 aromatic rings. The normalized spacial score (nSPS) is 10.9. The number of nitrogens with one attached hydrogen (secondary N) is 1. The van der Waals surface area contributed by atoms with Gasteiger partial charge in [-0.05, 0) is 48.9 Å². The monoisotopic (exact) mass is 475 g/mol. The molecule has 0 aliphatic rings. The molecular formula is C25H18FN3O4S. The van der Waals surface area contributed by atoms with E-state index in [1.54, 1.807) is 37.3 Å². The van der Waals surface area contributed by atoms with Crippen LogP contribution in [0.25, 0.3) is 10.9 Å². The van der Waals surface area contributed by atoms with Crippen LogP contribution in [0.3, 0.4) is 0 Å². The maximum atomic E-state index is 14.0. The largest absolute Gasteiger partial charge is 0.464 e. The van der Waals surface area contributed by atoms with E-state index in [1.807, 2.05) is 0 Å². The fourth-order valence-electron chi connectivity index (χ4n) is 3.30. The number of rotatable bonds is 4. The molecule has 34 heavy (non-hydrogen) atoms. The molecule has 0 unspecified atom stereocenters. The second-order valence-electron chi connectivity index (χ2n) is 7.26. The van der Waals surface area contributed by atoms with Gasteiger partial charge >= 0.3 is 5.97 Å². The lowest BCUT2D eigenvalue weighted by Gasteiger charge is -2.13. The van der Waals surface area contributed by atoms with Gasteiger partial charge in [0.05, 0.1) is 23.9 Å². The van der Waals surface area contributed by atoms with Crippen LogP contribution in [0.4, 0.5) is 10.1 Å². The quantitative estimate of drug-likeness (QED) is 0.353. The Labute approximate surface area is 195 Å². The van der Waals surface area contributed by atoms with Crippen LogP contribution in [0.5, 0.6) is 0 Å². The number of aryl methyl sites for hydroxylation is 1. The van der Waals surface area contributed by atoms with Crippen molar-refractivity contribution in [2.45, 2.75) is 11.8 Å². The van der Waals surface area contributed by atoms with E-state index in [0.717, 1.165) is 12.1 Å². The molecule has 2 heterocycles. The number of fused-ring (bicyclic) bond motifs is 1. The lowest BCUT2D eigenvalue weighted by Crippen LogP contribution is -2.16. The van der Waals surface area contributed by atoms with E-state index in [-0.39, 0.29) is 21.8 Å². The summed E-state index contributed by atoms with van der Waals surface area (Å²) in [5.41, 5.74) is 1.66. The van der Waals surface area contributed by atoms with Crippen molar-refractivity contribution < 1.29 is 22.3 Å². The van der Waals surface area contributed by atoms with Crippen molar-refractivity contribution in [3.63, 3.8) is 0 Å². The second-order valence-corrected chi connectivity index (χ2v) is 8.88. The summed E-state index contributed by atoms with van der Waals surface area (Å²) >= 11 is 0. The molecule has 9 heteroatoms. The van der Waals surface area contributed by atoms with E-state index in [4.69, 9.17) is 0 Å². The molecule has 0 spiro atoms. The molecule has 4 rings (SSSR count). The summed E-state index contributed by atoms with van der Waals surface area (Å²) < 4.78 is 47.7. The maximum absolute atomic E-state index is 14.0. The number of carbonyl (C=O) groups excluding carboxylic acids is 1. The molecular weight excluding hydrogens is 457 g/mol. The van der Waals surface area contributed by atoms with Gasteiger partial charge in [0.2, 0.25) is 0 Å². The molecule has 2 aromatic carbocycles. The first-order valence-electron chi connectivity index (χ1n) is 10.0. The van der Waals surface area contributed by atoms with Crippen LogP contribution in [0.15, 0.2) is 71.9 Å². The fourth-order valence-corrected chi connectivity index (χ4v) is 4.78. The Morgan fingerprint density at radius 3 is 2.62 bits per heavy atom. The molecule has 0 bridgehead atoms. The SMILES string of the molecule is COC(=O)c1ccc(C#Cc2cc(F)ccc2NS(=O)(=O)c2c(C)ccc3cccnc23)cn1. The van der Waals surface area contributed by atoms with E-state index < -0.39 is 21.8 Å². The molecule has 0 saturated heterocycles. The van der Waals surface area contributed by atoms with Gasteiger partial charge in [0.25, 0.3) is 10.0 Å². The van der Waals surface area contributed by atoms with Crippen molar-refractivity contribution in [1.29, 1.82) is 0 Å². The third-order valence-corrected chi connectivity index (χ3v) is 6.46. The van der Waals surface area contributed by atoms with Crippen molar-refractivity contribution in [3.8, 4) is 11.8 Å². The van der Waals surface area contributed by atoms with Crippen LogP contribution >= 0.6 is 0 Å². The van der Waals surface area contributed by atoms with E-state index in [0.29, 0.717) is 22.0 Å². The first kappa shape index (κ1) is 22.9. The number of nitrogens with zero attached hydrogens (tertiary/aromatic N) is 2. The minimum absolute atomic E-state index is 0.0384. The van der Waals surface area contributed by atoms with Gasteiger partial charge in [-0.3, -0.25) is 9.71 Å². The summed E-state index contributed by atoms with van der Waals surface area (Å²) in [6, 6.07) is 13.6. The highest BCUT2D eigenvalue weighted by Crippen LogP contribution is 2.28. The number of pyridine rings is 2. The molecule has 1 N–H and O–H groups in total. The lowest BCUT2D eigenvalue weighted by molar-refractivity contribution is 0.0594. The molecule has 2 aromatic heterocycles. The number of esters is 1. The average Bonchev–Trinajstić information content (AvgIpc) is 2.83. The van der Waals surface area contributed by atoms with Gasteiger partial charge < -0.3 is 4.74 Å². The summed E-state index contributed by atoms with van der Waals surface area (Å²) in [6.45, 7) is 1.68. The number of aromatic nitrogens is 2. The summed E-state index contributed by atoms with van der Waals surface area (Å²) in [5.74, 6) is 4.41. The summed E-state index contributed by atoms with van der Waals surface area (Å²) in [5, 5.41) is 0.676. The minimum atomic E-state index is -4.07. The molecule has 0 radical (unpaired) electrons. The minimum Gasteiger partial charge on any atom is -0.464 e. The van der Waals surface area contributed by atoms with Gasteiger partial charge in [-0.2, -0.15) is 0 Å². The third-order valence-electron chi connectivity index (χ3n) is 4.92. The number of hydrogen-bond donors (Lipinski definition) is 1. The number of benzene rings is 2. The number of methoxy groups -OCH3 is 1. The Bertz CT molecular complexity index is 1570. The number of ether oxygens (including phenoxy) is 1. The van der Waals surface area contributed by atoms with Gasteiger partial charge in [0.1, 0.15) is 16.4 Å². The third kappa shape index (κ3) is 4.72. The van der Waals surface area contributed by atoms with Crippen LogP contribution < -0.4 is 4.72 Å². The van der Waals surface area contributed by atoms with Gasteiger partial charge in [-0.15, -0.1) is 0 Å². The summed E-state index contributed by atoms with van der Waals surface area (Å²) in [6.07, 6.45) is 2.89. The van der Waals surface area contributed by atoms with Gasteiger partial charge in [-0.25, -0.2) is 22.6 Å². The van der Waals surface area contributed by atoms with Gasteiger partial charge in [-0.1, -0.05) is 30.0 Å². The second kappa shape index (κ2) is 9.29. The molecule has 0 aliphatic carbocycles. The molecule has 0 aliphatic heterocycles. The zero-order valence-electron chi connectivity index (χ0n) is 18.2. The predicted octanol–water partition coefficient (Wildman–Crippen LogP) is 4.06. The molecule has 0 amide bonds. The van der Waals surface area contributed by atoms with Gasteiger partial charge in [0, 0.05) is 23.3 Å². The van der Waals surface area contributed by atoms with Crippen LogP contribution in [0, 0.1) is 24.6 Å². The van der Waals surface area contributed by atoms with Crippen molar-refractivity contribution in [1.82, 2.24) is 9.97 Å².